The van der Waals surface area contributed by atoms with Crippen LogP contribution in [0.5, 0.6) is 0 Å². The summed E-state index contributed by atoms with van der Waals surface area (Å²) in [5.41, 5.74) is 0.0613. The van der Waals surface area contributed by atoms with Crippen LogP contribution < -0.4 is 15.2 Å². The number of hydrogen-bond acceptors (Lipinski definition) is 4. The number of nitrogens with one attached hydrogen (secondary N) is 3. The van der Waals surface area contributed by atoms with E-state index in [1.807, 2.05) is 11.4 Å². The Labute approximate surface area is 121 Å². The lowest BCUT2D eigenvalue weighted by atomic mass is 10.2. The summed E-state index contributed by atoms with van der Waals surface area (Å²) in [4.78, 5) is 16.0. The molecule has 0 bridgehead atoms. The van der Waals surface area contributed by atoms with E-state index in [2.05, 4.69) is 30.5 Å². The van der Waals surface area contributed by atoms with Crippen molar-refractivity contribution >= 4 is 22.8 Å². The van der Waals surface area contributed by atoms with Crippen LogP contribution in [0, 0.1) is 10.1 Å². The Hall–Kier alpha value is -1.99. The van der Waals surface area contributed by atoms with E-state index in [4.69, 9.17) is 0 Å². The molecule has 7 heteroatoms. The molecule has 0 unspecified atom stereocenters. The van der Waals surface area contributed by atoms with E-state index in [0.29, 0.717) is 12.4 Å². The largest absolute Gasteiger partial charge is 0.357 e. The zero-order valence-electron chi connectivity index (χ0n) is 11.4. The minimum absolute atomic E-state index is 0.0613. The number of H-pyrrole nitrogens is 1. The van der Waals surface area contributed by atoms with E-state index in [-0.39, 0.29) is 16.7 Å². The Morgan fingerprint density at radius 3 is 2.85 bits per heavy atom. The van der Waals surface area contributed by atoms with E-state index >= 15 is 0 Å². The smallest absolute Gasteiger partial charge is 0.330 e. The molecule has 0 spiro atoms. The Bertz CT molecular complexity index is 572. The predicted molar refractivity (Wildman–Crippen MR) is 78.0 cm³/mol. The molecule has 0 saturated carbocycles. The highest BCUT2D eigenvalue weighted by molar-refractivity contribution is 7.10. The molecule has 6 nitrogen and oxygen atoms in total. The maximum absolute atomic E-state index is 11.0. The van der Waals surface area contributed by atoms with Gasteiger partial charge in [0.1, 0.15) is 6.54 Å². The second-order valence-corrected chi connectivity index (χ2v) is 5.69. The molecule has 0 saturated heterocycles. The van der Waals surface area contributed by atoms with Gasteiger partial charge in [0, 0.05) is 6.07 Å². The molecular weight excluding hydrogens is 276 g/mol. The molecule has 106 valence electrons. The number of likely N-dealkylation sites (N-methyl/N-ethyl adjacent to an activating group) is 1. The lowest BCUT2D eigenvalue weighted by Gasteiger charge is -2.18. The van der Waals surface area contributed by atoms with Crippen molar-refractivity contribution in [3.63, 3.8) is 0 Å². The highest BCUT2D eigenvalue weighted by Gasteiger charge is 2.25. The highest BCUT2D eigenvalue weighted by atomic mass is 32.1. The van der Waals surface area contributed by atoms with Gasteiger partial charge in [-0.1, -0.05) is 6.07 Å². The standard InChI is InChI=1S/C13H16N4O2S/c1-16(2)11(12-6-4-8-20-12)9-15-13-10(17(18)19)5-3-7-14-13/h3-8,11H,9H2,1-2H3,(H,14,15)/p+2/t11-/m0/s1. The zero-order valence-corrected chi connectivity index (χ0v) is 12.2. The van der Waals surface area contributed by atoms with Gasteiger partial charge < -0.3 is 4.90 Å². The molecule has 0 amide bonds. The van der Waals surface area contributed by atoms with Crippen molar-refractivity contribution in [2.24, 2.45) is 0 Å². The van der Waals surface area contributed by atoms with E-state index in [1.54, 1.807) is 23.6 Å². The Balaban J connectivity index is 2.13. The average molecular weight is 294 g/mol. The van der Waals surface area contributed by atoms with Gasteiger partial charge in [0.05, 0.1) is 30.1 Å². The fourth-order valence-electron chi connectivity index (χ4n) is 2.00. The number of anilines is 1. The monoisotopic (exact) mass is 294 g/mol. The van der Waals surface area contributed by atoms with Crippen molar-refractivity contribution in [3.05, 3.63) is 50.8 Å². The number of aromatic amines is 1. The predicted octanol–water partition coefficient (Wildman–Crippen LogP) is 0.768. The molecule has 0 radical (unpaired) electrons. The Morgan fingerprint density at radius 1 is 1.45 bits per heavy atom. The van der Waals surface area contributed by atoms with Gasteiger partial charge in [-0.25, -0.2) is 4.98 Å². The molecule has 0 aliphatic carbocycles. The van der Waals surface area contributed by atoms with Crippen LogP contribution in [0.3, 0.4) is 0 Å². The van der Waals surface area contributed by atoms with Crippen LogP contribution in [-0.2, 0) is 0 Å². The molecule has 0 aromatic carbocycles. The van der Waals surface area contributed by atoms with Gasteiger partial charge in [0.2, 0.25) is 0 Å². The third-order valence-electron chi connectivity index (χ3n) is 3.10. The molecule has 0 aliphatic rings. The number of rotatable bonds is 6. The van der Waals surface area contributed by atoms with Crippen LogP contribution in [0.15, 0.2) is 35.8 Å². The van der Waals surface area contributed by atoms with E-state index < -0.39 is 0 Å². The highest BCUT2D eigenvalue weighted by Crippen LogP contribution is 2.20. The third-order valence-corrected chi connectivity index (χ3v) is 4.08. The third kappa shape index (κ3) is 3.31. The van der Waals surface area contributed by atoms with E-state index in [1.165, 1.54) is 15.8 Å². The van der Waals surface area contributed by atoms with Crippen molar-refractivity contribution in [1.29, 1.82) is 0 Å². The molecule has 2 rings (SSSR count). The van der Waals surface area contributed by atoms with E-state index in [0.717, 1.165) is 0 Å². The van der Waals surface area contributed by atoms with Crippen LogP contribution >= 0.6 is 11.3 Å². The van der Waals surface area contributed by atoms with Crippen LogP contribution in [0.1, 0.15) is 10.9 Å². The summed E-state index contributed by atoms with van der Waals surface area (Å²) in [6.45, 7) is 0.629. The Kier molecular flexibility index (Phi) is 4.65. The summed E-state index contributed by atoms with van der Waals surface area (Å²) in [7, 11) is 4.16. The molecule has 1 atom stereocenters. The van der Waals surface area contributed by atoms with Gasteiger partial charge in [-0.3, -0.25) is 15.4 Å². The van der Waals surface area contributed by atoms with Gasteiger partial charge >= 0.3 is 11.5 Å². The van der Waals surface area contributed by atoms with Crippen LogP contribution in [0.2, 0.25) is 0 Å². The second kappa shape index (κ2) is 6.44. The van der Waals surface area contributed by atoms with Crippen molar-refractivity contribution in [2.45, 2.75) is 6.04 Å². The lowest BCUT2D eigenvalue weighted by Crippen LogP contribution is -3.06. The summed E-state index contributed by atoms with van der Waals surface area (Å²) in [6.07, 6.45) is 1.68. The first-order valence-corrected chi connectivity index (χ1v) is 7.20. The van der Waals surface area contributed by atoms with Gasteiger partial charge in [-0.05, 0) is 17.5 Å². The first-order valence-electron chi connectivity index (χ1n) is 6.32. The zero-order chi connectivity index (χ0) is 14.5. The van der Waals surface area contributed by atoms with Gasteiger partial charge in [-0.15, -0.1) is 11.3 Å². The fraction of sp³-hybridized carbons (Fsp3) is 0.308. The van der Waals surface area contributed by atoms with Crippen LogP contribution in [-0.4, -0.2) is 25.6 Å². The molecule has 20 heavy (non-hydrogen) atoms. The number of aromatic nitrogens is 1. The summed E-state index contributed by atoms with van der Waals surface area (Å²) in [5, 5.41) is 16.2. The van der Waals surface area contributed by atoms with Crippen LogP contribution in [0.4, 0.5) is 11.5 Å². The number of thiophene rings is 1. The number of hydrogen-bond donors (Lipinski definition) is 2. The minimum atomic E-state index is -0.387. The van der Waals surface area contributed by atoms with Crippen LogP contribution in [0.25, 0.3) is 0 Å². The van der Waals surface area contributed by atoms with Crippen molar-refractivity contribution < 1.29 is 14.8 Å². The molecular formula is C13H18N4O2S+2. The summed E-state index contributed by atoms with van der Waals surface area (Å²) < 4.78 is 0. The van der Waals surface area contributed by atoms with Crippen molar-refractivity contribution in [3.8, 4) is 0 Å². The maximum Gasteiger partial charge on any atom is 0.357 e. The molecule has 3 N–H and O–H groups in total. The first kappa shape index (κ1) is 14.4. The summed E-state index contributed by atoms with van der Waals surface area (Å²) in [6, 6.07) is 7.47. The molecule has 2 aromatic rings. The topological polar surface area (TPSA) is 73.8 Å². The number of nitro groups is 1. The SMILES string of the molecule is C[NH+](C)[C@@H](CNc1[nH+]cccc1[N+](=O)[O-])c1cccs1. The van der Waals surface area contributed by atoms with Crippen molar-refractivity contribution in [2.75, 3.05) is 26.0 Å². The quantitative estimate of drug-likeness (QED) is 0.610. The van der Waals surface area contributed by atoms with Gasteiger partial charge in [0.15, 0.2) is 6.04 Å². The second-order valence-electron chi connectivity index (χ2n) is 4.71. The molecule has 0 aliphatic heterocycles. The number of pyridine rings is 1. The lowest BCUT2D eigenvalue weighted by molar-refractivity contribution is -0.889. The normalized spacial score (nSPS) is 12.3. The summed E-state index contributed by atoms with van der Waals surface area (Å²) >= 11 is 1.70. The molecule has 2 aromatic heterocycles. The van der Waals surface area contributed by atoms with E-state index in [9.17, 15) is 10.1 Å². The number of quaternary nitrogens is 1. The van der Waals surface area contributed by atoms with Crippen molar-refractivity contribution in [1.82, 2.24) is 0 Å². The molecule has 0 fully saturated rings. The van der Waals surface area contributed by atoms with Gasteiger partial charge in [-0.2, -0.15) is 0 Å². The Morgan fingerprint density at radius 2 is 2.25 bits per heavy atom. The summed E-state index contributed by atoms with van der Waals surface area (Å²) in [5.74, 6) is 0.445. The average Bonchev–Trinajstić information content (AvgIpc) is 2.92. The first-order chi connectivity index (χ1) is 9.59. The van der Waals surface area contributed by atoms with Gasteiger partial charge in [0.25, 0.3) is 0 Å². The number of nitrogens with zero attached hydrogens (tertiary/aromatic N) is 1. The maximum atomic E-state index is 11.0. The molecule has 2 heterocycles. The minimum Gasteiger partial charge on any atom is -0.330 e. The fourth-order valence-corrected chi connectivity index (χ4v) is 2.96.